The molecule has 0 bridgehead atoms. The molecule has 2 atom stereocenters. The number of amides is 2. The molecule has 2 N–H and O–H groups in total. The highest BCUT2D eigenvalue weighted by molar-refractivity contribution is 5.89. The van der Waals surface area contributed by atoms with Crippen molar-refractivity contribution < 1.29 is 29.0 Å². The molecule has 206 valence electrons. The fourth-order valence-electron chi connectivity index (χ4n) is 5.31. The van der Waals surface area contributed by atoms with Crippen LogP contribution < -0.4 is 5.32 Å². The highest BCUT2D eigenvalue weighted by Crippen LogP contribution is 2.44. The van der Waals surface area contributed by atoms with Gasteiger partial charge in [0.15, 0.2) is 0 Å². The van der Waals surface area contributed by atoms with Crippen LogP contribution in [0.3, 0.4) is 0 Å². The third kappa shape index (κ3) is 5.92. The van der Waals surface area contributed by atoms with Gasteiger partial charge in [0.2, 0.25) is 5.91 Å². The third-order valence-electron chi connectivity index (χ3n) is 7.50. The largest absolute Gasteiger partial charge is 0.478 e. The number of carbonyl (C=O) groups excluding carboxylic acids is 2. The third-order valence-corrected chi connectivity index (χ3v) is 7.50. The molecule has 0 radical (unpaired) electrons. The van der Waals surface area contributed by atoms with Crippen LogP contribution in [0.2, 0.25) is 0 Å². The second-order valence-corrected chi connectivity index (χ2v) is 10.0. The van der Waals surface area contributed by atoms with E-state index in [2.05, 4.69) is 17.4 Å². The Bertz CT molecular complexity index is 1370. The predicted octanol–water partition coefficient (Wildman–Crippen LogP) is 4.74. The molecule has 3 aromatic rings. The molecule has 3 aromatic carbocycles. The van der Waals surface area contributed by atoms with Gasteiger partial charge >= 0.3 is 12.1 Å². The number of rotatable bonds is 9. The molecule has 5 rings (SSSR count). The first-order valence-corrected chi connectivity index (χ1v) is 13.4. The number of hydrogen-bond donors (Lipinski definition) is 2. The van der Waals surface area contributed by atoms with E-state index >= 15 is 0 Å². The second kappa shape index (κ2) is 12.2. The highest BCUT2D eigenvalue weighted by Gasteiger charge is 2.34. The number of carbonyl (C=O) groups is 3. The minimum Gasteiger partial charge on any atom is -0.478 e. The smallest absolute Gasteiger partial charge is 0.407 e. The number of ether oxygens (including phenoxy) is 2. The van der Waals surface area contributed by atoms with Crippen LogP contribution in [0.15, 0.2) is 90.5 Å². The Morgan fingerprint density at radius 2 is 1.57 bits per heavy atom. The van der Waals surface area contributed by atoms with E-state index in [4.69, 9.17) is 9.47 Å². The van der Waals surface area contributed by atoms with E-state index in [0.29, 0.717) is 0 Å². The molecular weight excluding hydrogens is 508 g/mol. The van der Waals surface area contributed by atoms with Crippen LogP contribution in [-0.2, 0) is 25.7 Å². The molecule has 0 unspecified atom stereocenters. The molecule has 1 aliphatic heterocycles. The first-order valence-electron chi connectivity index (χ1n) is 13.4. The van der Waals surface area contributed by atoms with Gasteiger partial charge in [0.1, 0.15) is 12.6 Å². The van der Waals surface area contributed by atoms with Crippen molar-refractivity contribution in [2.45, 2.75) is 38.0 Å². The van der Waals surface area contributed by atoms with Crippen molar-refractivity contribution in [3.05, 3.63) is 107 Å². The number of aliphatic carboxylic acids is 1. The van der Waals surface area contributed by atoms with Crippen LogP contribution in [0.25, 0.3) is 11.1 Å². The van der Waals surface area contributed by atoms with Crippen molar-refractivity contribution in [1.82, 2.24) is 10.2 Å². The Balaban J connectivity index is 1.28. The van der Waals surface area contributed by atoms with Gasteiger partial charge in [-0.25, -0.2) is 9.59 Å². The van der Waals surface area contributed by atoms with Gasteiger partial charge < -0.3 is 24.8 Å². The molecule has 0 spiro atoms. The lowest BCUT2D eigenvalue weighted by atomic mass is 9.98. The van der Waals surface area contributed by atoms with Gasteiger partial charge in [0.25, 0.3) is 0 Å². The van der Waals surface area contributed by atoms with Crippen molar-refractivity contribution in [3.8, 4) is 11.1 Å². The summed E-state index contributed by atoms with van der Waals surface area (Å²) in [6, 6.07) is 24.7. The lowest BCUT2D eigenvalue weighted by molar-refractivity contribution is -0.138. The normalized spacial score (nSPS) is 15.8. The maximum absolute atomic E-state index is 13.5. The summed E-state index contributed by atoms with van der Waals surface area (Å²) < 4.78 is 11.7. The molecule has 0 fully saturated rings. The molecule has 1 aliphatic carbocycles. The summed E-state index contributed by atoms with van der Waals surface area (Å²) in [6.45, 7) is 2.51. The quantitative estimate of drug-likeness (QED) is 0.406. The molecule has 8 heteroatoms. The average Bonchev–Trinajstić information content (AvgIpc) is 3.31. The number of alkyl carbamates (subject to hydrolysis) is 1. The Labute approximate surface area is 233 Å². The molecule has 0 aromatic heterocycles. The van der Waals surface area contributed by atoms with Gasteiger partial charge in [-0.15, -0.1) is 0 Å². The first-order chi connectivity index (χ1) is 19.4. The molecule has 0 saturated heterocycles. The topological polar surface area (TPSA) is 105 Å². The van der Waals surface area contributed by atoms with E-state index < -0.39 is 24.2 Å². The van der Waals surface area contributed by atoms with Crippen molar-refractivity contribution in [1.29, 1.82) is 0 Å². The Morgan fingerprint density at radius 3 is 2.17 bits per heavy atom. The first kappa shape index (κ1) is 27.1. The average molecular weight is 541 g/mol. The van der Waals surface area contributed by atoms with Crippen LogP contribution in [0.4, 0.5) is 4.79 Å². The summed E-state index contributed by atoms with van der Waals surface area (Å²) in [6.07, 6.45) is 0.383. The lowest BCUT2D eigenvalue weighted by Crippen LogP contribution is -2.55. The fourth-order valence-corrected chi connectivity index (χ4v) is 5.31. The summed E-state index contributed by atoms with van der Waals surface area (Å²) in [5, 5.41) is 12.0. The number of fused-ring (bicyclic) bond motifs is 3. The number of benzene rings is 3. The van der Waals surface area contributed by atoms with Crippen LogP contribution in [0, 0.1) is 0 Å². The van der Waals surface area contributed by atoms with Crippen molar-refractivity contribution in [2.75, 3.05) is 19.7 Å². The maximum Gasteiger partial charge on any atom is 0.407 e. The maximum atomic E-state index is 13.5. The van der Waals surface area contributed by atoms with Crippen LogP contribution in [0.5, 0.6) is 0 Å². The van der Waals surface area contributed by atoms with Gasteiger partial charge in [0, 0.05) is 24.6 Å². The summed E-state index contributed by atoms with van der Waals surface area (Å²) in [7, 11) is 0. The van der Waals surface area contributed by atoms with Gasteiger partial charge in [-0.1, -0.05) is 84.9 Å². The van der Waals surface area contributed by atoms with Crippen molar-refractivity contribution in [2.24, 2.45) is 0 Å². The van der Waals surface area contributed by atoms with Crippen molar-refractivity contribution >= 4 is 18.0 Å². The van der Waals surface area contributed by atoms with E-state index in [0.717, 1.165) is 27.8 Å². The van der Waals surface area contributed by atoms with Crippen LogP contribution in [0.1, 0.15) is 36.0 Å². The van der Waals surface area contributed by atoms with E-state index in [9.17, 15) is 19.5 Å². The van der Waals surface area contributed by atoms with Gasteiger partial charge in [0.05, 0.1) is 12.7 Å². The molecular formula is C32H32N2O6. The zero-order chi connectivity index (χ0) is 28.1. The Hall–Kier alpha value is -4.43. The Morgan fingerprint density at radius 1 is 0.950 bits per heavy atom. The van der Waals surface area contributed by atoms with E-state index in [-0.39, 0.29) is 50.1 Å². The van der Waals surface area contributed by atoms with E-state index in [1.54, 1.807) is 6.92 Å². The highest BCUT2D eigenvalue weighted by atomic mass is 16.5. The minimum atomic E-state index is -1.01. The number of nitrogens with one attached hydrogen (secondary N) is 1. The summed E-state index contributed by atoms with van der Waals surface area (Å²) in [5.41, 5.74) is 5.66. The SMILES string of the molecule is C[C@H](OCc1ccccc1)[C@@H](NC(=O)OCC1c2ccccc2-c2ccccc21)C(=O)N1CC=C(C(=O)O)CC1. The summed E-state index contributed by atoms with van der Waals surface area (Å²) in [5.74, 6) is -1.45. The molecule has 0 saturated carbocycles. The molecule has 1 heterocycles. The van der Waals surface area contributed by atoms with Gasteiger partial charge in [-0.2, -0.15) is 0 Å². The second-order valence-electron chi connectivity index (χ2n) is 10.0. The minimum absolute atomic E-state index is 0.110. The monoisotopic (exact) mass is 540 g/mol. The van der Waals surface area contributed by atoms with Crippen LogP contribution >= 0.6 is 0 Å². The number of carboxylic acids is 1. The van der Waals surface area contributed by atoms with Crippen LogP contribution in [-0.4, -0.2) is 59.8 Å². The molecule has 2 amide bonds. The zero-order valence-electron chi connectivity index (χ0n) is 22.3. The zero-order valence-corrected chi connectivity index (χ0v) is 22.3. The number of nitrogens with zero attached hydrogens (tertiary/aromatic N) is 1. The number of carboxylic acid groups (broad SMARTS) is 1. The van der Waals surface area contributed by atoms with Gasteiger partial charge in [-0.05, 0) is 41.2 Å². The summed E-state index contributed by atoms with van der Waals surface area (Å²) >= 11 is 0. The van der Waals surface area contributed by atoms with Gasteiger partial charge in [-0.3, -0.25) is 4.79 Å². The lowest BCUT2D eigenvalue weighted by Gasteiger charge is -2.32. The van der Waals surface area contributed by atoms with Crippen molar-refractivity contribution in [3.63, 3.8) is 0 Å². The predicted molar refractivity (Wildman–Crippen MR) is 150 cm³/mol. The molecule has 8 nitrogen and oxygen atoms in total. The fraction of sp³-hybridized carbons (Fsp3) is 0.281. The Kier molecular flexibility index (Phi) is 8.26. The van der Waals surface area contributed by atoms with E-state index in [1.807, 2.05) is 66.7 Å². The number of hydrogen-bond acceptors (Lipinski definition) is 5. The summed E-state index contributed by atoms with van der Waals surface area (Å²) in [4.78, 5) is 39.5. The molecule has 2 aliphatic rings. The molecule has 40 heavy (non-hydrogen) atoms. The standard InChI is InChI=1S/C32H32N2O6/c1-21(39-19-22-9-3-2-4-10-22)29(30(35)34-17-15-23(16-18-34)31(36)37)33-32(38)40-20-28-26-13-7-5-11-24(26)25-12-6-8-14-27(25)28/h2-15,21,28-29H,16-20H2,1H3,(H,33,38)(H,36,37)/t21-,29+/m0/s1. The van der Waals surface area contributed by atoms with E-state index in [1.165, 1.54) is 11.0 Å².